The van der Waals surface area contributed by atoms with Gasteiger partial charge in [-0.15, -0.1) is 0 Å². The molecule has 0 aliphatic heterocycles. The van der Waals surface area contributed by atoms with Crippen LogP contribution >= 0.6 is 0 Å². The summed E-state index contributed by atoms with van der Waals surface area (Å²) in [5.74, 6) is 0. The summed E-state index contributed by atoms with van der Waals surface area (Å²) >= 11 is 0. The third-order valence-corrected chi connectivity index (χ3v) is 24.6. The zero-order valence-electron chi connectivity index (χ0n) is 66.7. The van der Waals surface area contributed by atoms with E-state index >= 15 is 0 Å². The second-order valence-corrected chi connectivity index (χ2v) is 31.6. The Hall–Kier alpha value is -9.51. The average Bonchev–Trinajstić information content (AvgIpc) is 1.68. The normalized spacial score (nSPS) is 12.3. The first-order valence-corrected chi connectivity index (χ1v) is 39.1. The van der Waals surface area contributed by atoms with Gasteiger partial charge in [0.15, 0.2) is 0 Å². The van der Waals surface area contributed by atoms with Crippen LogP contribution in [0, 0.1) is 125 Å². The van der Waals surface area contributed by atoms with Gasteiger partial charge in [-0.25, -0.2) is 0 Å². The van der Waals surface area contributed by atoms with E-state index in [1.165, 1.54) is 251 Å². The van der Waals surface area contributed by atoms with Gasteiger partial charge >= 0.3 is 0 Å². The molecule has 0 saturated carbocycles. The number of aryl methyl sites for hydroxylation is 12. The van der Waals surface area contributed by atoms with E-state index in [-0.39, 0.29) is 18.8 Å². The summed E-state index contributed by atoms with van der Waals surface area (Å²) in [7, 11) is 0. The van der Waals surface area contributed by atoms with Gasteiger partial charge in [0.2, 0.25) is 13.4 Å². The summed E-state index contributed by atoms with van der Waals surface area (Å²) in [4.78, 5) is 18.8. The lowest BCUT2D eigenvalue weighted by molar-refractivity contribution is 0.401. The van der Waals surface area contributed by atoms with E-state index in [0.717, 1.165) is 35.1 Å². The highest BCUT2D eigenvalue weighted by Gasteiger charge is 2.44. The van der Waals surface area contributed by atoms with Crippen LogP contribution in [0.25, 0.3) is 77.9 Å². The van der Waals surface area contributed by atoms with E-state index in [1.807, 2.05) is 49.6 Å². The molecule has 0 atom stereocenters. The van der Waals surface area contributed by atoms with Gasteiger partial charge in [-0.3, -0.25) is 19.9 Å². The molecule has 0 unspecified atom stereocenters. The van der Waals surface area contributed by atoms with Crippen molar-refractivity contribution in [3.63, 3.8) is 0 Å². The molecule has 0 fully saturated rings. The Balaban J connectivity index is 1.03. The van der Waals surface area contributed by atoms with E-state index in [0.29, 0.717) is 0 Å². The van der Waals surface area contributed by atoms with Crippen LogP contribution in [0.5, 0.6) is 0 Å². The standard InChI is InChI=1S/C99H108B2N4/c1-21-23-25-27-41-99(42-28-26-24-22-2)85-53-77(87-59(3)47-65(9)93(71(87)15)100(95-67(11)49-61(5)89(73(95)17)79-33-29-43-102-55-79)96-68(12)50-62(6)90(74(96)18)80-34-30-44-103-56-80)37-39-83(85)84-40-38-78(54-86(84)99)88-60(4)48-66(10)94(72(88)16)101(97-69(13)51-63(7)91(75(97)19)81-35-31-45-104-57-81)98-70(14)52-64(8)92(76(98)20)82-36-32-46-105-58-82/h29-40,43-58H,21-28,41-42H2,1-20H3. The Morgan fingerprint density at radius 3 is 0.714 bits per heavy atom. The smallest absolute Gasteiger partial charge is 0.243 e. The molecule has 530 valence electrons. The minimum atomic E-state index is -0.205. The van der Waals surface area contributed by atoms with Crippen molar-refractivity contribution in [1.29, 1.82) is 0 Å². The third kappa shape index (κ3) is 13.3. The van der Waals surface area contributed by atoms with Gasteiger partial charge in [0, 0.05) is 77.2 Å². The van der Waals surface area contributed by atoms with Gasteiger partial charge in [0.25, 0.3) is 0 Å². The van der Waals surface area contributed by atoms with Gasteiger partial charge in [-0.1, -0.05) is 216 Å². The van der Waals surface area contributed by atoms with Gasteiger partial charge in [-0.2, -0.15) is 0 Å². The average molecular weight is 1380 g/mol. The van der Waals surface area contributed by atoms with Crippen LogP contribution in [0.4, 0.5) is 0 Å². The van der Waals surface area contributed by atoms with Gasteiger partial charge in [0.1, 0.15) is 0 Å². The van der Waals surface area contributed by atoms with E-state index in [9.17, 15) is 0 Å². The molecule has 0 amide bonds. The Labute approximate surface area is 630 Å². The number of aromatic nitrogens is 4. The minimum Gasteiger partial charge on any atom is -0.264 e. The molecule has 1 aliphatic rings. The highest BCUT2D eigenvalue weighted by molar-refractivity contribution is 6.98. The molecule has 12 aromatic rings. The zero-order chi connectivity index (χ0) is 74.4. The molecule has 6 heteroatoms. The number of benzene rings is 8. The van der Waals surface area contributed by atoms with Crippen molar-refractivity contribution in [3.8, 4) is 77.9 Å². The molecule has 4 nitrogen and oxygen atoms in total. The van der Waals surface area contributed by atoms with Crippen LogP contribution in [0.1, 0.15) is 189 Å². The summed E-state index contributed by atoms with van der Waals surface area (Å²) < 4.78 is 0. The summed E-state index contributed by atoms with van der Waals surface area (Å²) in [6, 6.07) is 47.6. The largest absolute Gasteiger partial charge is 0.264 e. The molecule has 4 heterocycles. The maximum absolute atomic E-state index is 4.70. The van der Waals surface area contributed by atoms with E-state index in [2.05, 4.69) is 260 Å². The predicted molar refractivity (Wildman–Crippen MR) is 454 cm³/mol. The maximum Gasteiger partial charge on any atom is 0.243 e. The summed E-state index contributed by atoms with van der Waals surface area (Å²) in [5.41, 5.74) is 52.4. The second-order valence-electron chi connectivity index (χ2n) is 31.6. The number of hydrogen-bond acceptors (Lipinski definition) is 4. The fraction of sp³-hybridized carbons (Fsp3) is 0.313. The van der Waals surface area contributed by atoms with Crippen LogP contribution in [0.3, 0.4) is 0 Å². The molecule has 0 radical (unpaired) electrons. The highest BCUT2D eigenvalue weighted by Crippen LogP contribution is 2.56. The molecule has 0 saturated heterocycles. The number of nitrogens with zero attached hydrogens (tertiary/aromatic N) is 4. The van der Waals surface area contributed by atoms with Crippen LogP contribution in [0.2, 0.25) is 0 Å². The first-order chi connectivity index (χ1) is 50.5. The van der Waals surface area contributed by atoms with Crippen LogP contribution in [-0.2, 0) is 5.41 Å². The lowest BCUT2D eigenvalue weighted by atomic mass is 9.32. The quantitative estimate of drug-likeness (QED) is 0.0501. The van der Waals surface area contributed by atoms with Gasteiger partial charge < -0.3 is 0 Å². The SMILES string of the molecule is CCCCCCC1(CCCCCC)c2cc(-c3c(C)cc(C)c(B(c4c(C)cc(C)c(-c5cccnc5)c4C)c4c(C)cc(C)c(-c5cccnc5)c4C)c3C)ccc2-c2ccc(-c3c(C)cc(C)c(B(c4c(C)cc(C)c(-c5cccnc5)c4C)c4c(C)cc(C)c(-c5cccnc5)c4C)c3C)cc21. The van der Waals surface area contributed by atoms with Gasteiger partial charge in [0.05, 0.1) is 0 Å². The second kappa shape index (κ2) is 30.5. The number of fused-ring (bicyclic) bond motifs is 3. The fourth-order valence-corrected chi connectivity index (χ4v) is 20.6. The van der Waals surface area contributed by atoms with Crippen molar-refractivity contribution in [2.24, 2.45) is 0 Å². The van der Waals surface area contributed by atoms with Crippen molar-refractivity contribution < 1.29 is 0 Å². The topological polar surface area (TPSA) is 51.6 Å². The molecule has 105 heavy (non-hydrogen) atoms. The van der Waals surface area contributed by atoms with E-state index in [1.54, 1.807) is 0 Å². The Morgan fingerprint density at radius 2 is 0.495 bits per heavy atom. The molecular weight excluding hydrogens is 1270 g/mol. The molecule has 0 N–H and O–H groups in total. The molecule has 1 aliphatic carbocycles. The monoisotopic (exact) mass is 1370 g/mol. The Bertz CT molecular complexity index is 4770. The van der Waals surface area contributed by atoms with E-state index in [4.69, 9.17) is 19.9 Å². The summed E-state index contributed by atoms with van der Waals surface area (Å²) in [5, 5.41) is 0. The number of rotatable bonds is 22. The molecule has 4 aromatic heterocycles. The Morgan fingerprint density at radius 1 is 0.257 bits per heavy atom. The lowest BCUT2D eigenvalue weighted by Crippen LogP contribution is -2.58. The van der Waals surface area contributed by atoms with Crippen molar-refractivity contribution in [1.82, 2.24) is 19.9 Å². The van der Waals surface area contributed by atoms with Crippen molar-refractivity contribution >= 4 is 46.2 Å². The molecule has 8 aromatic carbocycles. The Kier molecular flexibility index (Phi) is 21.5. The summed E-state index contributed by atoms with van der Waals surface area (Å²) in [6.45, 7) is 47.1. The number of pyridine rings is 4. The first-order valence-electron chi connectivity index (χ1n) is 39.1. The maximum atomic E-state index is 4.70. The first kappa shape index (κ1) is 73.8. The number of hydrogen-bond donors (Lipinski definition) is 0. The summed E-state index contributed by atoms with van der Waals surface area (Å²) in [6.07, 6.45) is 27.7. The van der Waals surface area contributed by atoms with Crippen LogP contribution in [0.15, 0.2) is 171 Å². The van der Waals surface area contributed by atoms with Crippen LogP contribution < -0.4 is 32.8 Å². The van der Waals surface area contributed by atoms with Crippen molar-refractivity contribution in [2.45, 2.75) is 208 Å². The number of unbranched alkanes of at least 4 members (excludes halogenated alkanes) is 6. The highest BCUT2D eigenvalue weighted by atomic mass is 14.6. The predicted octanol–water partition coefficient (Wildman–Crippen LogP) is 22.1. The third-order valence-electron chi connectivity index (χ3n) is 24.6. The molecule has 13 rings (SSSR count). The zero-order valence-corrected chi connectivity index (χ0v) is 66.7. The van der Waals surface area contributed by atoms with Gasteiger partial charge in [-0.05, 0) is 307 Å². The molecular formula is C99H108B2N4. The molecule has 0 spiro atoms. The minimum absolute atomic E-state index is 0.0855. The lowest BCUT2D eigenvalue weighted by Gasteiger charge is -2.34. The van der Waals surface area contributed by atoms with Crippen molar-refractivity contribution in [2.75, 3.05) is 0 Å². The van der Waals surface area contributed by atoms with E-state index < -0.39 is 0 Å². The molecule has 0 bridgehead atoms. The fourth-order valence-electron chi connectivity index (χ4n) is 20.6. The van der Waals surface area contributed by atoms with Crippen LogP contribution in [-0.4, -0.2) is 33.4 Å². The van der Waals surface area contributed by atoms with Crippen molar-refractivity contribution in [3.05, 3.63) is 282 Å².